The number of anilines is 2. The summed E-state index contributed by atoms with van der Waals surface area (Å²) in [4.78, 5) is 0. The van der Waals surface area contributed by atoms with Gasteiger partial charge in [0.2, 0.25) is 0 Å². The van der Waals surface area contributed by atoms with E-state index in [-0.39, 0.29) is 0 Å². The van der Waals surface area contributed by atoms with E-state index in [2.05, 4.69) is 26.5 Å². The molecule has 2 aromatic carbocycles. The minimum atomic E-state index is 0.652. The first-order valence-electron chi connectivity index (χ1n) is 6.23. The Kier molecular flexibility index (Phi) is 5.04. The van der Waals surface area contributed by atoms with E-state index >= 15 is 0 Å². The average molecular weight is 353 g/mol. The summed E-state index contributed by atoms with van der Waals surface area (Å²) < 4.78 is 1.03. The van der Waals surface area contributed by atoms with Crippen LogP contribution < -0.4 is 11.2 Å². The van der Waals surface area contributed by atoms with Gasteiger partial charge in [-0.05, 0) is 48.9 Å². The van der Waals surface area contributed by atoms with E-state index in [4.69, 9.17) is 17.3 Å². The third-order valence-corrected chi connectivity index (χ3v) is 3.59. The van der Waals surface area contributed by atoms with Gasteiger partial charge in [-0.1, -0.05) is 34.5 Å². The van der Waals surface area contributed by atoms with Crippen LogP contribution in [0.1, 0.15) is 18.9 Å². The molecule has 0 radical (unpaired) electrons. The lowest BCUT2D eigenvalue weighted by Crippen LogP contribution is -2.06. The molecule has 3 N–H and O–H groups in total. The first kappa shape index (κ1) is 14.9. The van der Waals surface area contributed by atoms with Crippen molar-refractivity contribution in [2.45, 2.75) is 13.3 Å². The molecule has 0 bridgehead atoms. The Balaban J connectivity index is 2.25. The molecule has 0 saturated carbocycles. The van der Waals surface area contributed by atoms with Crippen molar-refractivity contribution in [3.8, 4) is 0 Å². The van der Waals surface area contributed by atoms with Gasteiger partial charge in [0.25, 0.3) is 0 Å². The fourth-order valence-corrected chi connectivity index (χ4v) is 2.20. The molecule has 0 aliphatic carbocycles. The van der Waals surface area contributed by atoms with Gasteiger partial charge in [0.05, 0.1) is 11.4 Å². The molecule has 5 heteroatoms. The topological polar surface area (TPSA) is 50.4 Å². The second-order valence-electron chi connectivity index (χ2n) is 4.26. The number of hydrazone groups is 1. The highest BCUT2D eigenvalue weighted by atomic mass is 79.9. The van der Waals surface area contributed by atoms with Crippen molar-refractivity contribution < 1.29 is 0 Å². The number of rotatable bonds is 4. The number of nitrogen functional groups attached to an aromatic ring is 1. The molecule has 0 amide bonds. The molecular weight excluding hydrogens is 338 g/mol. The number of halogens is 2. The van der Waals surface area contributed by atoms with Crippen LogP contribution in [-0.2, 0) is 0 Å². The van der Waals surface area contributed by atoms with Crippen molar-refractivity contribution in [3.05, 3.63) is 57.5 Å². The lowest BCUT2D eigenvalue weighted by Gasteiger charge is -2.09. The molecule has 0 unspecified atom stereocenters. The number of hydrogen-bond acceptors (Lipinski definition) is 3. The molecule has 3 nitrogen and oxygen atoms in total. The van der Waals surface area contributed by atoms with Crippen molar-refractivity contribution in [1.82, 2.24) is 0 Å². The van der Waals surface area contributed by atoms with E-state index in [1.807, 2.05) is 37.3 Å². The highest BCUT2D eigenvalue weighted by molar-refractivity contribution is 9.10. The summed E-state index contributed by atoms with van der Waals surface area (Å²) in [5.41, 5.74) is 12.3. The highest BCUT2D eigenvalue weighted by Crippen LogP contribution is 2.20. The predicted octanol–water partition coefficient (Wildman–Crippen LogP) is 4.91. The van der Waals surface area contributed by atoms with Gasteiger partial charge in [-0.25, -0.2) is 0 Å². The molecule has 2 aromatic rings. The van der Waals surface area contributed by atoms with Gasteiger partial charge in [0.1, 0.15) is 0 Å². The van der Waals surface area contributed by atoms with Gasteiger partial charge in [-0.3, -0.25) is 5.43 Å². The standard InChI is InChI=1S/C15H15BrClN3/c1-2-15(13-9-11(17)5-8-14(13)18)20-19-12-6-3-10(16)4-7-12/h3-9,19H,2,18H2,1H3/b20-15+. The molecule has 0 aliphatic rings. The summed E-state index contributed by atoms with van der Waals surface area (Å²) in [6, 6.07) is 13.2. The van der Waals surface area contributed by atoms with Crippen molar-refractivity contribution >= 4 is 44.6 Å². The minimum Gasteiger partial charge on any atom is -0.398 e. The Morgan fingerprint density at radius 2 is 1.95 bits per heavy atom. The number of benzene rings is 2. The zero-order valence-corrected chi connectivity index (χ0v) is 13.4. The zero-order chi connectivity index (χ0) is 14.5. The average Bonchev–Trinajstić information content (AvgIpc) is 2.45. The molecular formula is C15H15BrClN3. The molecule has 2 rings (SSSR count). The Morgan fingerprint density at radius 1 is 1.25 bits per heavy atom. The summed E-state index contributed by atoms with van der Waals surface area (Å²) in [7, 11) is 0. The zero-order valence-electron chi connectivity index (χ0n) is 11.0. The van der Waals surface area contributed by atoms with Crippen LogP contribution in [-0.4, -0.2) is 5.71 Å². The second-order valence-corrected chi connectivity index (χ2v) is 5.61. The van der Waals surface area contributed by atoms with Gasteiger partial charge in [0.15, 0.2) is 0 Å². The summed E-state index contributed by atoms with van der Waals surface area (Å²) >= 11 is 9.41. The summed E-state index contributed by atoms with van der Waals surface area (Å²) in [5, 5.41) is 5.08. The smallest absolute Gasteiger partial charge is 0.0697 e. The van der Waals surface area contributed by atoms with Gasteiger partial charge in [-0.15, -0.1) is 0 Å². The molecule has 0 aliphatic heterocycles. The van der Waals surface area contributed by atoms with Crippen LogP contribution in [0, 0.1) is 0 Å². The number of nitrogens with two attached hydrogens (primary N) is 1. The second kappa shape index (κ2) is 6.77. The van der Waals surface area contributed by atoms with Crippen LogP contribution in [0.15, 0.2) is 52.0 Å². The van der Waals surface area contributed by atoms with E-state index in [0.717, 1.165) is 27.9 Å². The van der Waals surface area contributed by atoms with Crippen LogP contribution in [0.2, 0.25) is 5.02 Å². The first-order chi connectivity index (χ1) is 9.60. The third kappa shape index (κ3) is 3.74. The third-order valence-electron chi connectivity index (χ3n) is 2.83. The van der Waals surface area contributed by atoms with Gasteiger partial charge < -0.3 is 5.73 Å². The minimum absolute atomic E-state index is 0.652. The number of nitrogens with zero attached hydrogens (tertiary/aromatic N) is 1. The maximum atomic E-state index is 6.02. The lowest BCUT2D eigenvalue weighted by atomic mass is 10.1. The maximum absolute atomic E-state index is 6.02. The Morgan fingerprint density at radius 3 is 2.60 bits per heavy atom. The van der Waals surface area contributed by atoms with Gasteiger partial charge in [0, 0.05) is 20.7 Å². The van der Waals surface area contributed by atoms with Crippen LogP contribution in [0.3, 0.4) is 0 Å². The molecule has 0 aromatic heterocycles. The predicted molar refractivity (Wildman–Crippen MR) is 90.5 cm³/mol. The first-order valence-corrected chi connectivity index (χ1v) is 7.40. The number of hydrogen-bond donors (Lipinski definition) is 2. The molecule has 104 valence electrons. The highest BCUT2D eigenvalue weighted by Gasteiger charge is 2.07. The maximum Gasteiger partial charge on any atom is 0.0697 e. The van der Waals surface area contributed by atoms with Crippen LogP contribution >= 0.6 is 27.5 Å². The van der Waals surface area contributed by atoms with Crippen molar-refractivity contribution in [3.63, 3.8) is 0 Å². The fraction of sp³-hybridized carbons (Fsp3) is 0.133. The Labute approximate surface area is 132 Å². The van der Waals surface area contributed by atoms with Crippen molar-refractivity contribution in [2.75, 3.05) is 11.2 Å². The van der Waals surface area contributed by atoms with Crippen molar-refractivity contribution in [1.29, 1.82) is 0 Å². The van der Waals surface area contributed by atoms with E-state index in [1.54, 1.807) is 12.1 Å². The van der Waals surface area contributed by atoms with Crippen LogP contribution in [0.25, 0.3) is 0 Å². The molecule has 20 heavy (non-hydrogen) atoms. The summed E-state index contributed by atoms with van der Waals surface area (Å²) in [6.07, 6.45) is 0.758. The largest absolute Gasteiger partial charge is 0.398 e. The lowest BCUT2D eigenvalue weighted by molar-refractivity contribution is 1.22. The van der Waals surface area contributed by atoms with E-state index < -0.39 is 0 Å². The molecule has 0 heterocycles. The van der Waals surface area contributed by atoms with E-state index in [9.17, 15) is 0 Å². The summed E-state index contributed by atoms with van der Waals surface area (Å²) in [5.74, 6) is 0. The molecule has 0 spiro atoms. The SMILES string of the molecule is CC/C(=N\Nc1ccc(Br)cc1)c1cc(Cl)ccc1N. The molecule has 0 fully saturated rings. The fourth-order valence-electron chi connectivity index (χ4n) is 1.76. The molecule has 0 atom stereocenters. The number of nitrogens with one attached hydrogen (secondary N) is 1. The van der Waals surface area contributed by atoms with Gasteiger partial charge in [-0.2, -0.15) is 5.10 Å². The van der Waals surface area contributed by atoms with Crippen LogP contribution in [0.4, 0.5) is 11.4 Å². The Bertz CT molecular complexity index is 624. The summed E-state index contributed by atoms with van der Waals surface area (Å²) in [6.45, 7) is 2.03. The molecule has 0 saturated heterocycles. The normalized spacial score (nSPS) is 11.4. The van der Waals surface area contributed by atoms with E-state index in [1.165, 1.54) is 0 Å². The van der Waals surface area contributed by atoms with Crippen LogP contribution in [0.5, 0.6) is 0 Å². The quantitative estimate of drug-likeness (QED) is 0.466. The van der Waals surface area contributed by atoms with Crippen molar-refractivity contribution in [2.24, 2.45) is 5.10 Å². The van der Waals surface area contributed by atoms with Gasteiger partial charge >= 0.3 is 0 Å². The monoisotopic (exact) mass is 351 g/mol. The van der Waals surface area contributed by atoms with E-state index in [0.29, 0.717) is 10.7 Å². The Hall–Kier alpha value is -1.52.